The summed E-state index contributed by atoms with van der Waals surface area (Å²) in [5, 5.41) is 0. The summed E-state index contributed by atoms with van der Waals surface area (Å²) >= 11 is 0. The molecule has 2 fully saturated rings. The van der Waals surface area contributed by atoms with Gasteiger partial charge in [-0.25, -0.2) is 8.42 Å². The summed E-state index contributed by atoms with van der Waals surface area (Å²) in [4.78, 5) is 0.413. The lowest BCUT2D eigenvalue weighted by Gasteiger charge is -2.39. The Morgan fingerprint density at radius 3 is 2.46 bits per heavy atom. The molecule has 0 N–H and O–H groups in total. The molecule has 3 nitrogen and oxygen atoms in total. The van der Waals surface area contributed by atoms with Gasteiger partial charge in [-0.05, 0) is 49.8 Å². The van der Waals surface area contributed by atoms with Gasteiger partial charge in [0, 0.05) is 6.54 Å². The lowest BCUT2D eigenvalue weighted by molar-refractivity contribution is 0.207. The van der Waals surface area contributed by atoms with E-state index < -0.39 is 10.0 Å². The molecule has 0 aromatic heterocycles. The van der Waals surface area contributed by atoms with Crippen molar-refractivity contribution in [2.75, 3.05) is 6.54 Å². The maximum atomic E-state index is 13.4. The summed E-state index contributed by atoms with van der Waals surface area (Å²) in [6, 6.07) is 17.4. The fourth-order valence-electron chi connectivity index (χ4n) is 4.48. The van der Waals surface area contributed by atoms with Crippen LogP contribution in [0.4, 0.5) is 0 Å². The molecule has 2 bridgehead atoms. The van der Waals surface area contributed by atoms with E-state index in [9.17, 15) is 8.42 Å². The van der Waals surface area contributed by atoms with Gasteiger partial charge in [0.15, 0.2) is 0 Å². The molecule has 0 unspecified atom stereocenters. The number of fused-ring (bicyclic) bond motifs is 2. The van der Waals surface area contributed by atoms with Gasteiger partial charge in [0.25, 0.3) is 0 Å². The first kappa shape index (κ1) is 15.9. The van der Waals surface area contributed by atoms with E-state index in [1.807, 2.05) is 37.3 Å². The third kappa shape index (κ3) is 2.40. The first-order valence-electron chi connectivity index (χ1n) is 8.67. The van der Waals surface area contributed by atoms with E-state index in [0.717, 1.165) is 36.8 Å². The Morgan fingerprint density at radius 1 is 1.04 bits per heavy atom. The van der Waals surface area contributed by atoms with E-state index in [2.05, 4.69) is 12.1 Å². The quantitative estimate of drug-likeness (QED) is 0.843. The molecule has 2 aromatic carbocycles. The highest BCUT2D eigenvalue weighted by molar-refractivity contribution is 7.89. The van der Waals surface area contributed by atoms with Crippen LogP contribution in [0.15, 0.2) is 59.5 Å². The zero-order chi connectivity index (χ0) is 16.8. The third-order valence-corrected chi connectivity index (χ3v) is 7.60. The van der Waals surface area contributed by atoms with Crippen molar-refractivity contribution in [2.45, 2.75) is 43.0 Å². The van der Waals surface area contributed by atoms with Gasteiger partial charge < -0.3 is 0 Å². The summed E-state index contributed by atoms with van der Waals surface area (Å²) < 4.78 is 28.6. The molecule has 2 aliphatic rings. The minimum absolute atomic E-state index is 0.367. The second-order valence-electron chi connectivity index (χ2n) is 7.21. The largest absolute Gasteiger partial charge is 0.243 e. The van der Waals surface area contributed by atoms with E-state index in [1.54, 1.807) is 16.4 Å². The number of aryl methyl sites for hydroxylation is 1. The highest BCUT2D eigenvalue weighted by Gasteiger charge is 2.53. The molecule has 0 amide bonds. The SMILES string of the molecule is Cc1ccc(S(=O)(=O)N2C[C@@H]3CCC[C@@]2(c2ccccc2)C3)cc1. The average Bonchev–Trinajstić information content (AvgIpc) is 2.88. The summed E-state index contributed by atoms with van der Waals surface area (Å²) in [5.41, 5.74) is 1.85. The third-order valence-electron chi connectivity index (χ3n) is 5.65. The predicted octanol–water partition coefficient (Wildman–Crippen LogP) is 4.09. The Labute approximate surface area is 144 Å². The molecule has 1 aliphatic carbocycles. The van der Waals surface area contributed by atoms with Crippen LogP contribution in [-0.4, -0.2) is 19.3 Å². The Kier molecular flexibility index (Phi) is 3.77. The second kappa shape index (κ2) is 5.71. The van der Waals surface area contributed by atoms with Crippen LogP contribution in [0, 0.1) is 12.8 Å². The molecule has 1 saturated heterocycles. The van der Waals surface area contributed by atoms with Crippen LogP contribution in [0.1, 0.15) is 36.8 Å². The first-order valence-corrected chi connectivity index (χ1v) is 10.1. The topological polar surface area (TPSA) is 37.4 Å². The van der Waals surface area contributed by atoms with Gasteiger partial charge >= 0.3 is 0 Å². The van der Waals surface area contributed by atoms with Crippen LogP contribution in [0.5, 0.6) is 0 Å². The van der Waals surface area contributed by atoms with E-state index in [4.69, 9.17) is 0 Å². The molecule has 1 saturated carbocycles. The average molecular weight is 341 g/mol. The molecular weight excluding hydrogens is 318 g/mol. The Morgan fingerprint density at radius 2 is 1.75 bits per heavy atom. The van der Waals surface area contributed by atoms with Crippen molar-refractivity contribution in [1.29, 1.82) is 0 Å². The van der Waals surface area contributed by atoms with Crippen LogP contribution in [0.2, 0.25) is 0 Å². The van der Waals surface area contributed by atoms with Crippen molar-refractivity contribution >= 4 is 10.0 Å². The smallest absolute Gasteiger partial charge is 0.207 e. The van der Waals surface area contributed by atoms with Crippen molar-refractivity contribution < 1.29 is 8.42 Å². The van der Waals surface area contributed by atoms with Crippen LogP contribution in [0.25, 0.3) is 0 Å². The summed E-state index contributed by atoms with van der Waals surface area (Å²) in [5.74, 6) is 0.471. The molecule has 24 heavy (non-hydrogen) atoms. The molecule has 2 aromatic rings. The Bertz CT molecular complexity index is 830. The number of rotatable bonds is 3. The number of nitrogens with zero attached hydrogens (tertiary/aromatic N) is 1. The fourth-order valence-corrected chi connectivity index (χ4v) is 6.35. The minimum Gasteiger partial charge on any atom is -0.207 e. The second-order valence-corrected chi connectivity index (χ2v) is 9.07. The predicted molar refractivity (Wildman–Crippen MR) is 95.1 cm³/mol. The standard InChI is InChI=1S/C20H23NO2S/c1-16-9-11-19(12-10-16)24(22,23)21-15-17-6-5-13-20(21,14-17)18-7-3-2-4-8-18/h2-4,7-12,17H,5-6,13-15H2,1H3/t17-,20+/m1/s1. The zero-order valence-corrected chi connectivity index (χ0v) is 14.8. The van der Waals surface area contributed by atoms with Crippen molar-refractivity contribution in [2.24, 2.45) is 5.92 Å². The monoisotopic (exact) mass is 341 g/mol. The van der Waals surface area contributed by atoms with Crippen LogP contribution >= 0.6 is 0 Å². The highest BCUT2D eigenvalue weighted by atomic mass is 32.2. The van der Waals surface area contributed by atoms with E-state index >= 15 is 0 Å². The number of sulfonamides is 1. The van der Waals surface area contributed by atoms with E-state index in [0.29, 0.717) is 17.4 Å². The van der Waals surface area contributed by atoms with Crippen molar-refractivity contribution in [1.82, 2.24) is 4.31 Å². The van der Waals surface area contributed by atoms with Crippen LogP contribution < -0.4 is 0 Å². The summed E-state index contributed by atoms with van der Waals surface area (Å²) in [6.07, 6.45) is 4.09. The zero-order valence-electron chi connectivity index (χ0n) is 14.0. The van der Waals surface area contributed by atoms with Crippen molar-refractivity contribution in [3.8, 4) is 0 Å². The molecule has 1 aliphatic heterocycles. The van der Waals surface area contributed by atoms with Gasteiger partial charge in [-0.15, -0.1) is 0 Å². The minimum atomic E-state index is -3.48. The molecule has 4 rings (SSSR count). The van der Waals surface area contributed by atoms with Gasteiger partial charge in [-0.3, -0.25) is 0 Å². The maximum absolute atomic E-state index is 13.4. The number of hydrogen-bond donors (Lipinski definition) is 0. The van der Waals surface area contributed by atoms with Crippen molar-refractivity contribution in [3.63, 3.8) is 0 Å². The maximum Gasteiger partial charge on any atom is 0.243 e. The van der Waals surface area contributed by atoms with Crippen LogP contribution in [0.3, 0.4) is 0 Å². The molecule has 126 valence electrons. The summed E-state index contributed by atoms with van der Waals surface area (Å²) in [6.45, 7) is 2.62. The highest BCUT2D eigenvalue weighted by Crippen LogP contribution is 2.52. The Hall–Kier alpha value is -1.65. The molecular formula is C20H23NO2S. The number of benzene rings is 2. The Balaban J connectivity index is 1.82. The van der Waals surface area contributed by atoms with Gasteiger partial charge in [-0.2, -0.15) is 4.31 Å². The van der Waals surface area contributed by atoms with Crippen molar-refractivity contribution in [3.05, 3.63) is 65.7 Å². The summed E-state index contributed by atoms with van der Waals surface area (Å²) in [7, 11) is -3.48. The van der Waals surface area contributed by atoms with E-state index in [-0.39, 0.29) is 5.54 Å². The lowest BCUT2D eigenvalue weighted by atomic mass is 9.76. The molecule has 0 radical (unpaired) electrons. The molecule has 2 atom stereocenters. The van der Waals surface area contributed by atoms with Crippen LogP contribution in [-0.2, 0) is 15.6 Å². The van der Waals surface area contributed by atoms with E-state index in [1.165, 1.54) is 0 Å². The molecule has 4 heteroatoms. The van der Waals surface area contributed by atoms with Gasteiger partial charge in [-0.1, -0.05) is 54.4 Å². The van der Waals surface area contributed by atoms with Gasteiger partial charge in [0.1, 0.15) is 0 Å². The van der Waals surface area contributed by atoms with Gasteiger partial charge in [0.2, 0.25) is 10.0 Å². The fraction of sp³-hybridized carbons (Fsp3) is 0.400. The van der Waals surface area contributed by atoms with Gasteiger partial charge in [0.05, 0.1) is 10.4 Å². The molecule has 0 spiro atoms. The molecule has 1 heterocycles. The lowest BCUT2D eigenvalue weighted by Crippen LogP contribution is -2.44. The normalized spacial score (nSPS) is 27.3. The first-order chi connectivity index (χ1) is 11.5. The number of hydrogen-bond acceptors (Lipinski definition) is 2.